The Kier molecular flexibility index (Phi) is 4.03. The molecule has 1 aliphatic rings. The van der Waals surface area contributed by atoms with E-state index < -0.39 is 0 Å². The van der Waals surface area contributed by atoms with Crippen molar-refractivity contribution in [3.05, 3.63) is 28.7 Å². The molecular formula is C14H18BrN5. The Morgan fingerprint density at radius 3 is 2.75 bits per heavy atom. The molecule has 2 N–H and O–H groups in total. The van der Waals surface area contributed by atoms with Crippen LogP contribution >= 0.6 is 15.9 Å². The Morgan fingerprint density at radius 1 is 1.30 bits per heavy atom. The first-order chi connectivity index (χ1) is 9.78. The van der Waals surface area contributed by atoms with E-state index in [1.165, 1.54) is 0 Å². The van der Waals surface area contributed by atoms with E-state index in [0.29, 0.717) is 6.04 Å². The lowest BCUT2D eigenvalue weighted by molar-refractivity contribution is 0.439. The first kappa shape index (κ1) is 13.6. The zero-order chi connectivity index (χ0) is 13.9. The van der Waals surface area contributed by atoms with Crippen LogP contribution in [0.5, 0.6) is 0 Å². The SMILES string of the molecule is CNC1CCN(c2n[nH]c(-c3ccccc3Br)n2)CC1. The maximum atomic E-state index is 4.62. The van der Waals surface area contributed by atoms with Crippen molar-refractivity contribution in [3.63, 3.8) is 0 Å². The molecule has 1 aliphatic heterocycles. The van der Waals surface area contributed by atoms with Gasteiger partial charge in [-0.15, -0.1) is 5.10 Å². The quantitative estimate of drug-likeness (QED) is 0.904. The van der Waals surface area contributed by atoms with Gasteiger partial charge in [0.05, 0.1) is 0 Å². The van der Waals surface area contributed by atoms with Crippen molar-refractivity contribution < 1.29 is 0 Å². The van der Waals surface area contributed by atoms with Crippen LogP contribution in [0.1, 0.15) is 12.8 Å². The molecule has 0 spiro atoms. The van der Waals surface area contributed by atoms with Crippen molar-refractivity contribution in [2.75, 3.05) is 25.0 Å². The third-order valence-electron chi connectivity index (χ3n) is 3.79. The molecule has 106 valence electrons. The highest BCUT2D eigenvalue weighted by Crippen LogP contribution is 2.26. The second-order valence-electron chi connectivity index (χ2n) is 5.01. The van der Waals surface area contributed by atoms with Gasteiger partial charge in [0.1, 0.15) is 0 Å². The molecule has 20 heavy (non-hydrogen) atoms. The van der Waals surface area contributed by atoms with Gasteiger partial charge in [-0.25, -0.2) is 0 Å². The smallest absolute Gasteiger partial charge is 0.245 e. The lowest BCUT2D eigenvalue weighted by atomic mass is 10.1. The number of aromatic amines is 1. The van der Waals surface area contributed by atoms with Gasteiger partial charge in [-0.3, -0.25) is 5.10 Å². The second kappa shape index (κ2) is 5.93. The van der Waals surface area contributed by atoms with Crippen LogP contribution in [0.25, 0.3) is 11.4 Å². The van der Waals surface area contributed by atoms with Gasteiger partial charge in [0.25, 0.3) is 0 Å². The minimum Gasteiger partial charge on any atom is -0.339 e. The summed E-state index contributed by atoms with van der Waals surface area (Å²) in [6.07, 6.45) is 2.27. The Labute approximate surface area is 126 Å². The standard InChI is InChI=1S/C14H18BrN5/c1-16-10-6-8-20(9-7-10)14-17-13(18-19-14)11-4-2-3-5-12(11)15/h2-5,10,16H,6-9H2,1H3,(H,17,18,19). The Morgan fingerprint density at radius 2 is 2.05 bits per heavy atom. The van der Waals surface area contributed by atoms with E-state index >= 15 is 0 Å². The van der Waals surface area contributed by atoms with Crippen LogP contribution in [-0.2, 0) is 0 Å². The van der Waals surface area contributed by atoms with Crippen LogP contribution in [0.2, 0.25) is 0 Å². The molecule has 0 bridgehead atoms. The van der Waals surface area contributed by atoms with E-state index in [9.17, 15) is 0 Å². The normalized spacial score (nSPS) is 16.6. The molecule has 1 aromatic heterocycles. The summed E-state index contributed by atoms with van der Waals surface area (Å²) in [4.78, 5) is 6.87. The molecule has 1 aromatic carbocycles. The van der Waals surface area contributed by atoms with E-state index in [1.54, 1.807) is 0 Å². The number of hydrogen-bond acceptors (Lipinski definition) is 4. The van der Waals surface area contributed by atoms with Crippen LogP contribution in [0.3, 0.4) is 0 Å². The fraction of sp³-hybridized carbons (Fsp3) is 0.429. The molecule has 2 heterocycles. The summed E-state index contributed by atoms with van der Waals surface area (Å²) in [7, 11) is 2.03. The van der Waals surface area contributed by atoms with E-state index in [0.717, 1.165) is 47.7 Å². The molecule has 0 amide bonds. The molecule has 0 aliphatic carbocycles. The molecule has 5 nitrogen and oxygen atoms in total. The molecule has 2 aromatic rings. The van der Waals surface area contributed by atoms with Crippen molar-refractivity contribution in [2.45, 2.75) is 18.9 Å². The van der Waals surface area contributed by atoms with Gasteiger partial charge < -0.3 is 10.2 Å². The topological polar surface area (TPSA) is 56.8 Å². The number of rotatable bonds is 3. The first-order valence-electron chi connectivity index (χ1n) is 6.87. The highest BCUT2D eigenvalue weighted by atomic mass is 79.9. The first-order valence-corrected chi connectivity index (χ1v) is 7.66. The fourth-order valence-electron chi connectivity index (χ4n) is 2.54. The fourth-order valence-corrected chi connectivity index (χ4v) is 3.01. The third-order valence-corrected chi connectivity index (χ3v) is 4.48. The molecule has 1 saturated heterocycles. The lowest BCUT2D eigenvalue weighted by Crippen LogP contribution is -2.41. The van der Waals surface area contributed by atoms with Gasteiger partial charge in [-0.1, -0.05) is 34.1 Å². The molecule has 0 saturated carbocycles. The highest BCUT2D eigenvalue weighted by Gasteiger charge is 2.21. The van der Waals surface area contributed by atoms with Crippen LogP contribution in [0.15, 0.2) is 28.7 Å². The number of benzene rings is 1. The summed E-state index contributed by atoms with van der Waals surface area (Å²) in [5.41, 5.74) is 1.04. The average Bonchev–Trinajstić information content (AvgIpc) is 2.97. The largest absolute Gasteiger partial charge is 0.339 e. The van der Waals surface area contributed by atoms with Crippen LogP contribution in [-0.4, -0.2) is 41.4 Å². The molecule has 0 atom stereocenters. The van der Waals surface area contributed by atoms with Crippen LogP contribution < -0.4 is 10.2 Å². The predicted octanol–water partition coefficient (Wildman–Crippen LogP) is 2.42. The summed E-state index contributed by atoms with van der Waals surface area (Å²) < 4.78 is 1.02. The monoisotopic (exact) mass is 335 g/mol. The van der Waals surface area contributed by atoms with E-state index in [2.05, 4.69) is 41.3 Å². The highest BCUT2D eigenvalue weighted by molar-refractivity contribution is 9.10. The average molecular weight is 336 g/mol. The number of nitrogens with one attached hydrogen (secondary N) is 2. The predicted molar refractivity (Wildman–Crippen MR) is 83.8 cm³/mol. The number of anilines is 1. The number of aromatic nitrogens is 3. The van der Waals surface area contributed by atoms with E-state index in [1.807, 2.05) is 31.3 Å². The third kappa shape index (κ3) is 2.71. The van der Waals surface area contributed by atoms with Crippen LogP contribution in [0, 0.1) is 0 Å². The Balaban J connectivity index is 1.76. The summed E-state index contributed by atoms with van der Waals surface area (Å²) in [5.74, 6) is 1.61. The van der Waals surface area contributed by atoms with Crippen molar-refractivity contribution in [3.8, 4) is 11.4 Å². The maximum absolute atomic E-state index is 4.62. The van der Waals surface area contributed by atoms with Gasteiger partial charge in [0, 0.05) is 29.2 Å². The zero-order valence-corrected chi connectivity index (χ0v) is 13.0. The van der Waals surface area contributed by atoms with Gasteiger partial charge in [-0.05, 0) is 26.0 Å². The van der Waals surface area contributed by atoms with Gasteiger partial charge in [0.2, 0.25) is 5.95 Å². The zero-order valence-electron chi connectivity index (χ0n) is 11.4. The minimum absolute atomic E-state index is 0.618. The van der Waals surface area contributed by atoms with Crippen molar-refractivity contribution in [2.24, 2.45) is 0 Å². The van der Waals surface area contributed by atoms with Crippen molar-refractivity contribution >= 4 is 21.9 Å². The Hall–Kier alpha value is -1.40. The lowest BCUT2D eigenvalue weighted by Gasteiger charge is -2.30. The van der Waals surface area contributed by atoms with Gasteiger partial charge >= 0.3 is 0 Å². The van der Waals surface area contributed by atoms with Gasteiger partial charge in [0.15, 0.2) is 5.82 Å². The number of hydrogen-bond donors (Lipinski definition) is 2. The summed E-state index contributed by atoms with van der Waals surface area (Å²) in [6.45, 7) is 2.00. The number of H-pyrrole nitrogens is 1. The van der Waals surface area contributed by atoms with E-state index in [4.69, 9.17) is 0 Å². The molecule has 6 heteroatoms. The molecule has 3 rings (SSSR count). The van der Waals surface area contributed by atoms with Crippen LogP contribution in [0.4, 0.5) is 5.95 Å². The maximum Gasteiger partial charge on any atom is 0.245 e. The van der Waals surface area contributed by atoms with Gasteiger partial charge in [-0.2, -0.15) is 4.98 Å². The summed E-state index contributed by atoms with van der Waals surface area (Å²) in [6, 6.07) is 8.65. The number of nitrogens with zero attached hydrogens (tertiary/aromatic N) is 3. The van der Waals surface area contributed by atoms with Crippen molar-refractivity contribution in [1.29, 1.82) is 0 Å². The second-order valence-corrected chi connectivity index (χ2v) is 5.87. The van der Waals surface area contributed by atoms with E-state index in [-0.39, 0.29) is 0 Å². The number of piperidine rings is 1. The molecule has 0 unspecified atom stereocenters. The summed E-state index contributed by atoms with van der Waals surface area (Å²) >= 11 is 3.55. The van der Waals surface area contributed by atoms with Crippen molar-refractivity contribution in [1.82, 2.24) is 20.5 Å². The Bertz CT molecular complexity index is 574. The summed E-state index contributed by atoms with van der Waals surface area (Å²) in [5, 5.41) is 10.7. The molecule has 0 radical (unpaired) electrons. The number of halogens is 1. The molecular weight excluding hydrogens is 318 g/mol. The molecule has 1 fully saturated rings. The minimum atomic E-state index is 0.618.